The second-order valence-electron chi connectivity index (χ2n) is 6.11. The smallest absolute Gasteiger partial charge is 0.159 e. The second-order valence-corrected chi connectivity index (χ2v) is 7.17. The monoisotopic (exact) mass is 334 g/mol. The van der Waals surface area contributed by atoms with Gasteiger partial charge in [0.1, 0.15) is 11.5 Å². The number of nitrogens with zero attached hydrogens (tertiary/aromatic N) is 2. The van der Waals surface area contributed by atoms with Crippen molar-refractivity contribution in [1.29, 1.82) is 0 Å². The van der Waals surface area contributed by atoms with Gasteiger partial charge in [-0.3, -0.25) is 4.99 Å². The summed E-state index contributed by atoms with van der Waals surface area (Å²) in [6.07, 6.45) is 6.41. The molecule has 126 valence electrons. The summed E-state index contributed by atoms with van der Waals surface area (Å²) in [6, 6.07) is 6.72. The Balaban J connectivity index is 1.84. The average Bonchev–Trinajstić information content (AvgIpc) is 3.14. The van der Waals surface area contributed by atoms with Gasteiger partial charge in [0.25, 0.3) is 0 Å². The first-order valence-electron chi connectivity index (χ1n) is 8.46. The molecule has 0 N–H and O–H groups in total. The number of amidine groups is 1. The molecule has 2 aliphatic rings. The van der Waals surface area contributed by atoms with Gasteiger partial charge >= 0.3 is 0 Å². The summed E-state index contributed by atoms with van der Waals surface area (Å²) in [5, 5.41) is 1.22. The van der Waals surface area contributed by atoms with Crippen LogP contribution in [0.4, 0.5) is 0 Å². The molecule has 0 saturated heterocycles. The van der Waals surface area contributed by atoms with Crippen LogP contribution in [-0.2, 0) is 6.54 Å². The molecule has 1 aromatic carbocycles. The molecule has 23 heavy (non-hydrogen) atoms. The van der Waals surface area contributed by atoms with Crippen molar-refractivity contribution in [3.05, 3.63) is 23.8 Å². The molecule has 1 heterocycles. The lowest BCUT2D eigenvalue weighted by Crippen LogP contribution is -2.38. The first-order chi connectivity index (χ1) is 11.3. The van der Waals surface area contributed by atoms with Gasteiger partial charge < -0.3 is 14.4 Å². The molecular formula is C18H26N2O2S. The van der Waals surface area contributed by atoms with Gasteiger partial charge in [0, 0.05) is 36.5 Å². The van der Waals surface area contributed by atoms with Gasteiger partial charge in [-0.25, -0.2) is 0 Å². The van der Waals surface area contributed by atoms with Crippen molar-refractivity contribution in [2.24, 2.45) is 4.99 Å². The molecule has 0 amide bonds. The van der Waals surface area contributed by atoms with Crippen LogP contribution in [0.5, 0.6) is 11.5 Å². The van der Waals surface area contributed by atoms with E-state index in [0.29, 0.717) is 6.04 Å². The van der Waals surface area contributed by atoms with Crippen molar-refractivity contribution >= 4 is 16.9 Å². The first-order valence-corrected chi connectivity index (χ1v) is 9.45. The summed E-state index contributed by atoms with van der Waals surface area (Å²) in [7, 11) is 3.41. The highest BCUT2D eigenvalue weighted by molar-refractivity contribution is 8.13. The summed E-state index contributed by atoms with van der Waals surface area (Å²) in [6.45, 7) is 1.83. The number of thioether (sulfide) groups is 1. The fourth-order valence-corrected chi connectivity index (χ4v) is 4.37. The van der Waals surface area contributed by atoms with E-state index < -0.39 is 0 Å². The molecule has 0 unspecified atom stereocenters. The molecule has 1 saturated carbocycles. The van der Waals surface area contributed by atoms with Crippen molar-refractivity contribution in [3.63, 3.8) is 0 Å². The van der Waals surface area contributed by atoms with Gasteiger partial charge in [-0.1, -0.05) is 24.6 Å². The van der Waals surface area contributed by atoms with Crippen molar-refractivity contribution in [2.45, 2.75) is 44.7 Å². The number of rotatable bonds is 5. The Bertz CT molecular complexity index is 556. The van der Waals surface area contributed by atoms with E-state index in [1.807, 2.05) is 23.9 Å². The second kappa shape index (κ2) is 7.95. The number of benzene rings is 1. The van der Waals surface area contributed by atoms with E-state index >= 15 is 0 Å². The topological polar surface area (TPSA) is 34.1 Å². The third-order valence-electron chi connectivity index (χ3n) is 4.63. The minimum atomic E-state index is 0.617. The molecule has 1 aromatic rings. The number of methoxy groups -OCH3 is 2. The predicted molar refractivity (Wildman–Crippen MR) is 96.7 cm³/mol. The summed E-state index contributed by atoms with van der Waals surface area (Å²) in [5.41, 5.74) is 1.20. The normalized spacial score (nSPS) is 18.6. The fraction of sp³-hybridized carbons (Fsp3) is 0.611. The predicted octanol–water partition coefficient (Wildman–Crippen LogP) is 3.94. The molecule has 0 aromatic heterocycles. The van der Waals surface area contributed by atoms with Gasteiger partial charge in [0.05, 0.1) is 14.2 Å². The fourth-order valence-electron chi connectivity index (χ4n) is 3.36. The lowest BCUT2D eigenvalue weighted by atomic mass is 10.1. The Morgan fingerprint density at radius 2 is 2.00 bits per heavy atom. The lowest BCUT2D eigenvalue weighted by molar-refractivity contribution is 0.305. The van der Waals surface area contributed by atoms with Crippen molar-refractivity contribution < 1.29 is 9.47 Å². The number of ether oxygens (including phenoxy) is 2. The highest BCUT2D eigenvalue weighted by Crippen LogP contribution is 2.32. The zero-order valence-corrected chi connectivity index (χ0v) is 14.9. The van der Waals surface area contributed by atoms with Crippen LogP contribution in [0, 0.1) is 0 Å². The highest BCUT2D eigenvalue weighted by Gasteiger charge is 2.27. The number of hydrogen-bond acceptors (Lipinski definition) is 5. The van der Waals surface area contributed by atoms with Crippen LogP contribution in [0.3, 0.4) is 0 Å². The molecule has 0 spiro atoms. The summed E-state index contributed by atoms with van der Waals surface area (Å²) >= 11 is 1.91. The van der Waals surface area contributed by atoms with Crippen LogP contribution < -0.4 is 9.47 Å². The molecule has 1 aliphatic heterocycles. The third-order valence-corrected chi connectivity index (χ3v) is 5.74. The van der Waals surface area contributed by atoms with Gasteiger partial charge in [-0.15, -0.1) is 0 Å². The van der Waals surface area contributed by atoms with E-state index in [0.717, 1.165) is 24.6 Å². The molecule has 4 nitrogen and oxygen atoms in total. The van der Waals surface area contributed by atoms with E-state index in [2.05, 4.69) is 11.0 Å². The van der Waals surface area contributed by atoms with E-state index in [1.165, 1.54) is 48.6 Å². The molecule has 0 atom stereocenters. The first kappa shape index (κ1) is 16.5. The Hall–Kier alpha value is -1.36. The van der Waals surface area contributed by atoms with Crippen LogP contribution in [-0.4, -0.2) is 42.6 Å². The van der Waals surface area contributed by atoms with E-state index in [-0.39, 0.29) is 0 Å². The van der Waals surface area contributed by atoms with Gasteiger partial charge in [0.15, 0.2) is 5.17 Å². The van der Waals surface area contributed by atoms with Gasteiger partial charge in [-0.05, 0) is 31.4 Å². The van der Waals surface area contributed by atoms with Crippen LogP contribution in [0.1, 0.15) is 37.7 Å². The van der Waals surface area contributed by atoms with Gasteiger partial charge in [-0.2, -0.15) is 0 Å². The van der Waals surface area contributed by atoms with Crippen molar-refractivity contribution in [2.75, 3.05) is 26.5 Å². The highest BCUT2D eigenvalue weighted by atomic mass is 32.2. The van der Waals surface area contributed by atoms with Crippen molar-refractivity contribution in [3.8, 4) is 11.5 Å². The van der Waals surface area contributed by atoms with E-state index in [4.69, 9.17) is 14.5 Å². The number of aliphatic imine (C=N–C) groups is 1. The van der Waals surface area contributed by atoms with E-state index in [1.54, 1.807) is 14.2 Å². The molecule has 3 rings (SSSR count). The Kier molecular flexibility index (Phi) is 5.70. The van der Waals surface area contributed by atoms with Gasteiger partial charge in [0.2, 0.25) is 0 Å². The largest absolute Gasteiger partial charge is 0.497 e. The lowest BCUT2D eigenvalue weighted by Gasteiger charge is -2.33. The molecule has 0 bridgehead atoms. The summed E-state index contributed by atoms with van der Waals surface area (Å²) < 4.78 is 10.9. The zero-order chi connectivity index (χ0) is 16.1. The molecule has 1 aliphatic carbocycles. The zero-order valence-electron chi connectivity index (χ0n) is 14.1. The molecule has 1 fully saturated rings. The van der Waals surface area contributed by atoms with Crippen LogP contribution >= 0.6 is 11.8 Å². The Morgan fingerprint density at radius 3 is 2.65 bits per heavy atom. The average molecular weight is 334 g/mol. The summed E-state index contributed by atoms with van der Waals surface area (Å²) in [4.78, 5) is 7.31. The quantitative estimate of drug-likeness (QED) is 0.817. The maximum atomic E-state index is 5.59. The molecule has 0 radical (unpaired) electrons. The Labute approximate surface area is 143 Å². The SMILES string of the molecule is COc1ccc(CN(C2=NCCCS2)C2CCCC2)c(OC)c1. The minimum absolute atomic E-state index is 0.617. The van der Waals surface area contributed by atoms with E-state index in [9.17, 15) is 0 Å². The summed E-state index contributed by atoms with van der Waals surface area (Å²) in [5.74, 6) is 2.91. The molecule has 5 heteroatoms. The Morgan fingerprint density at radius 1 is 1.17 bits per heavy atom. The number of hydrogen-bond donors (Lipinski definition) is 0. The van der Waals surface area contributed by atoms with Crippen LogP contribution in [0.2, 0.25) is 0 Å². The van der Waals surface area contributed by atoms with Crippen LogP contribution in [0.15, 0.2) is 23.2 Å². The van der Waals surface area contributed by atoms with Crippen molar-refractivity contribution in [1.82, 2.24) is 4.90 Å². The standard InChI is InChI=1S/C18H26N2O2S/c1-21-16-9-8-14(17(12-16)22-2)13-20(15-6-3-4-7-15)18-19-10-5-11-23-18/h8-9,12,15H,3-7,10-11,13H2,1-2H3. The van der Waals surface area contributed by atoms with Crippen LogP contribution in [0.25, 0.3) is 0 Å². The maximum absolute atomic E-state index is 5.59. The third kappa shape index (κ3) is 3.94. The maximum Gasteiger partial charge on any atom is 0.159 e. The minimum Gasteiger partial charge on any atom is -0.497 e. The molecular weight excluding hydrogens is 308 g/mol.